The number of aryl methyl sites for hydroxylation is 3. The summed E-state index contributed by atoms with van der Waals surface area (Å²) in [6.07, 6.45) is 1.08. The number of thiocarbonyl (C=S) groups is 1. The third kappa shape index (κ3) is 6.24. The van der Waals surface area contributed by atoms with Gasteiger partial charge in [0.05, 0.1) is 0 Å². The molecule has 0 atom stereocenters. The smallest absolute Gasteiger partial charge is 0.170 e. The second-order valence-electron chi connectivity index (χ2n) is 5.71. The Kier molecular flexibility index (Phi) is 6.93. The highest BCUT2D eigenvalue weighted by Crippen LogP contribution is 2.19. The Morgan fingerprint density at radius 2 is 1.70 bits per heavy atom. The molecule has 4 heteroatoms. The summed E-state index contributed by atoms with van der Waals surface area (Å²) >= 11 is 7.25. The average Bonchev–Trinajstić information content (AvgIpc) is 2.52. The third-order valence-corrected chi connectivity index (χ3v) is 4.88. The van der Waals surface area contributed by atoms with E-state index in [1.165, 1.54) is 21.6 Å². The lowest BCUT2D eigenvalue weighted by Gasteiger charge is -2.13. The van der Waals surface area contributed by atoms with Gasteiger partial charge >= 0.3 is 0 Å². The molecule has 0 aliphatic rings. The summed E-state index contributed by atoms with van der Waals surface area (Å²) in [5.74, 6) is 1.09. The van der Waals surface area contributed by atoms with Gasteiger partial charge < -0.3 is 10.6 Å². The minimum Gasteiger partial charge on any atom is -0.362 e. The van der Waals surface area contributed by atoms with Gasteiger partial charge in [-0.05, 0) is 74.5 Å². The summed E-state index contributed by atoms with van der Waals surface area (Å²) < 4.78 is 0. The quantitative estimate of drug-likeness (QED) is 0.433. The maximum Gasteiger partial charge on any atom is 0.170 e. The zero-order valence-corrected chi connectivity index (χ0v) is 15.6. The van der Waals surface area contributed by atoms with Gasteiger partial charge in [0.25, 0.3) is 0 Å². The summed E-state index contributed by atoms with van der Waals surface area (Å²) in [6.45, 7) is 7.17. The summed E-state index contributed by atoms with van der Waals surface area (Å²) in [5, 5.41) is 7.25. The van der Waals surface area contributed by atoms with Crippen molar-refractivity contribution < 1.29 is 0 Å². The number of rotatable bonds is 6. The van der Waals surface area contributed by atoms with E-state index < -0.39 is 0 Å². The first-order valence-corrected chi connectivity index (χ1v) is 9.25. The van der Waals surface area contributed by atoms with Gasteiger partial charge in [0.2, 0.25) is 0 Å². The standard InChI is InChI=1S/C19H24N2S2/c1-14-6-9-17(10-7-14)23-12-4-11-20-19(22)21-18-13-15(2)5-8-16(18)3/h5-10,13H,4,11-12H2,1-3H3,(H2,20,21,22). The van der Waals surface area contributed by atoms with Crippen molar-refractivity contribution >= 4 is 34.8 Å². The van der Waals surface area contributed by atoms with Gasteiger partial charge in [-0.15, -0.1) is 11.8 Å². The van der Waals surface area contributed by atoms with Crippen LogP contribution in [-0.2, 0) is 0 Å². The predicted molar refractivity (Wildman–Crippen MR) is 107 cm³/mol. The van der Waals surface area contributed by atoms with Crippen molar-refractivity contribution in [3.8, 4) is 0 Å². The van der Waals surface area contributed by atoms with Crippen molar-refractivity contribution in [3.05, 3.63) is 59.2 Å². The van der Waals surface area contributed by atoms with Crippen LogP contribution < -0.4 is 10.6 Å². The molecule has 0 bridgehead atoms. The molecule has 0 saturated carbocycles. The lowest BCUT2D eigenvalue weighted by molar-refractivity contribution is 0.854. The highest BCUT2D eigenvalue weighted by Gasteiger charge is 2.01. The molecule has 0 spiro atoms. The topological polar surface area (TPSA) is 24.1 Å². The molecular formula is C19H24N2S2. The van der Waals surface area contributed by atoms with E-state index in [9.17, 15) is 0 Å². The monoisotopic (exact) mass is 344 g/mol. The van der Waals surface area contributed by atoms with E-state index in [-0.39, 0.29) is 0 Å². The van der Waals surface area contributed by atoms with Crippen molar-refractivity contribution in [3.63, 3.8) is 0 Å². The Labute approximate surface area is 149 Å². The number of thioether (sulfide) groups is 1. The zero-order chi connectivity index (χ0) is 16.7. The molecule has 0 saturated heterocycles. The van der Waals surface area contributed by atoms with Crippen LogP contribution >= 0.6 is 24.0 Å². The van der Waals surface area contributed by atoms with E-state index in [2.05, 4.69) is 73.9 Å². The van der Waals surface area contributed by atoms with Crippen LogP contribution in [0.4, 0.5) is 5.69 Å². The van der Waals surface area contributed by atoms with Crippen molar-refractivity contribution in [1.82, 2.24) is 5.32 Å². The van der Waals surface area contributed by atoms with Gasteiger partial charge in [-0.25, -0.2) is 0 Å². The van der Waals surface area contributed by atoms with Gasteiger partial charge in [0, 0.05) is 17.1 Å². The number of nitrogens with one attached hydrogen (secondary N) is 2. The molecule has 0 amide bonds. The third-order valence-electron chi connectivity index (χ3n) is 3.54. The SMILES string of the molecule is Cc1ccc(SCCCNC(=S)Nc2cc(C)ccc2C)cc1. The minimum atomic E-state index is 0.694. The van der Waals surface area contributed by atoms with Crippen LogP contribution in [0, 0.1) is 20.8 Å². The van der Waals surface area contributed by atoms with Crippen LogP contribution in [0.1, 0.15) is 23.1 Å². The maximum atomic E-state index is 5.37. The Morgan fingerprint density at radius 3 is 2.43 bits per heavy atom. The Balaban J connectivity index is 1.67. The fourth-order valence-corrected chi connectivity index (χ4v) is 3.20. The maximum absolute atomic E-state index is 5.37. The molecule has 23 heavy (non-hydrogen) atoms. The van der Waals surface area contributed by atoms with Crippen molar-refractivity contribution in [2.75, 3.05) is 17.6 Å². The lowest BCUT2D eigenvalue weighted by Crippen LogP contribution is -2.29. The summed E-state index contributed by atoms with van der Waals surface area (Å²) in [6, 6.07) is 15.0. The van der Waals surface area contributed by atoms with Crippen LogP contribution in [0.3, 0.4) is 0 Å². The first-order chi connectivity index (χ1) is 11.0. The lowest BCUT2D eigenvalue weighted by atomic mass is 10.1. The molecule has 2 rings (SSSR count). The van der Waals surface area contributed by atoms with E-state index in [0.29, 0.717) is 5.11 Å². The molecule has 0 heterocycles. The van der Waals surface area contributed by atoms with Crippen molar-refractivity contribution in [1.29, 1.82) is 0 Å². The first kappa shape index (κ1) is 17.8. The van der Waals surface area contributed by atoms with Crippen LogP contribution in [-0.4, -0.2) is 17.4 Å². The highest BCUT2D eigenvalue weighted by atomic mass is 32.2. The van der Waals surface area contributed by atoms with Crippen LogP contribution in [0.25, 0.3) is 0 Å². The molecular weight excluding hydrogens is 320 g/mol. The molecule has 0 unspecified atom stereocenters. The van der Waals surface area contributed by atoms with Gasteiger partial charge in [-0.2, -0.15) is 0 Å². The summed E-state index contributed by atoms with van der Waals surface area (Å²) in [7, 11) is 0. The molecule has 2 aromatic rings. The number of hydrogen-bond donors (Lipinski definition) is 2. The molecule has 0 aliphatic carbocycles. The zero-order valence-electron chi connectivity index (χ0n) is 14.0. The second-order valence-corrected chi connectivity index (χ2v) is 7.29. The highest BCUT2D eigenvalue weighted by molar-refractivity contribution is 7.99. The second kappa shape index (κ2) is 8.94. The molecule has 0 fully saturated rings. The fourth-order valence-electron chi connectivity index (χ4n) is 2.14. The van der Waals surface area contributed by atoms with E-state index in [4.69, 9.17) is 12.2 Å². The Hall–Kier alpha value is -1.52. The van der Waals surface area contributed by atoms with E-state index in [1.807, 2.05) is 11.8 Å². The average molecular weight is 345 g/mol. The largest absolute Gasteiger partial charge is 0.362 e. The number of hydrogen-bond acceptors (Lipinski definition) is 2. The molecule has 0 aromatic heterocycles. The fraction of sp³-hybridized carbons (Fsp3) is 0.316. The van der Waals surface area contributed by atoms with Crippen LogP contribution in [0.15, 0.2) is 47.4 Å². The van der Waals surface area contributed by atoms with Gasteiger partial charge in [0.15, 0.2) is 5.11 Å². The van der Waals surface area contributed by atoms with E-state index >= 15 is 0 Å². The molecule has 0 radical (unpaired) electrons. The Bertz CT molecular complexity index is 651. The first-order valence-electron chi connectivity index (χ1n) is 7.86. The van der Waals surface area contributed by atoms with Crippen LogP contribution in [0.2, 0.25) is 0 Å². The van der Waals surface area contributed by atoms with Crippen molar-refractivity contribution in [2.24, 2.45) is 0 Å². The normalized spacial score (nSPS) is 10.4. The minimum absolute atomic E-state index is 0.694. The van der Waals surface area contributed by atoms with Gasteiger partial charge in [0.1, 0.15) is 0 Å². The molecule has 2 nitrogen and oxygen atoms in total. The molecule has 2 N–H and O–H groups in total. The van der Waals surface area contributed by atoms with E-state index in [1.54, 1.807) is 0 Å². The number of anilines is 1. The van der Waals surface area contributed by atoms with Gasteiger partial charge in [-0.1, -0.05) is 29.8 Å². The Morgan fingerprint density at radius 1 is 1.00 bits per heavy atom. The van der Waals surface area contributed by atoms with Crippen LogP contribution in [0.5, 0.6) is 0 Å². The predicted octanol–water partition coefficient (Wildman–Crippen LogP) is 5.08. The van der Waals surface area contributed by atoms with Gasteiger partial charge in [-0.3, -0.25) is 0 Å². The van der Waals surface area contributed by atoms with E-state index in [0.717, 1.165) is 24.4 Å². The molecule has 2 aromatic carbocycles. The molecule has 0 aliphatic heterocycles. The number of benzene rings is 2. The molecule has 122 valence electrons. The van der Waals surface area contributed by atoms with Crippen molar-refractivity contribution in [2.45, 2.75) is 32.1 Å². The summed E-state index contributed by atoms with van der Waals surface area (Å²) in [5.41, 5.74) is 4.82. The summed E-state index contributed by atoms with van der Waals surface area (Å²) in [4.78, 5) is 1.33.